The molecular weight excluding hydrogens is 304 g/mol. The minimum absolute atomic E-state index is 0.246. The molecule has 2 aromatic rings. The number of carbonyl (C=O) groups is 1. The number of anilines is 2. The van der Waals surface area contributed by atoms with E-state index in [9.17, 15) is 4.79 Å². The zero-order chi connectivity index (χ0) is 16.9. The highest BCUT2D eigenvalue weighted by Crippen LogP contribution is 2.23. The van der Waals surface area contributed by atoms with E-state index in [4.69, 9.17) is 0 Å². The summed E-state index contributed by atoms with van der Waals surface area (Å²) in [6.07, 6.45) is 2.06. The maximum Gasteiger partial charge on any atom is 0.326 e. The molecule has 1 aromatic carbocycles. The number of rotatable bonds is 3. The van der Waals surface area contributed by atoms with E-state index in [0.717, 1.165) is 24.2 Å². The van der Waals surface area contributed by atoms with Gasteiger partial charge in [0.1, 0.15) is 0 Å². The number of hydrogen-bond donors (Lipinski definition) is 3. The van der Waals surface area contributed by atoms with E-state index < -0.39 is 0 Å². The van der Waals surface area contributed by atoms with Crippen LogP contribution in [-0.2, 0) is 0 Å². The van der Waals surface area contributed by atoms with Crippen LogP contribution in [-0.4, -0.2) is 28.0 Å². The lowest BCUT2D eigenvalue weighted by atomic mass is 10.3. The van der Waals surface area contributed by atoms with Gasteiger partial charge >= 0.3 is 6.03 Å². The van der Waals surface area contributed by atoms with Crippen LogP contribution in [0.3, 0.4) is 0 Å². The zero-order valence-corrected chi connectivity index (χ0v) is 13.7. The lowest BCUT2D eigenvalue weighted by molar-refractivity contribution is 0.256. The second-order valence-corrected chi connectivity index (χ2v) is 5.75. The quantitative estimate of drug-likeness (QED) is 0.598. The van der Waals surface area contributed by atoms with E-state index in [1.807, 2.05) is 50.2 Å². The lowest BCUT2D eigenvalue weighted by Crippen LogP contribution is -2.39. The van der Waals surface area contributed by atoms with Gasteiger partial charge < -0.3 is 5.32 Å². The predicted molar refractivity (Wildman–Crippen MR) is 94.2 cm³/mol. The maximum atomic E-state index is 12.2. The zero-order valence-electron chi connectivity index (χ0n) is 13.7. The monoisotopic (exact) mass is 324 g/mol. The van der Waals surface area contributed by atoms with Gasteiger partial charge in [0.05, 0.1) is 6.04 Å². The van der Waals surface area contributed by atoms with Gasteiger partial charge in [-0.2, -0.15) is 0 Å². The Morgan fingerprint density at radius 2 is 1.75 bits per heavy atom. The van der Waals surface area contributed by atoms with Gasteiger partial charge in [0, 0.05) is 17.1 Å². The summed E-state index contributed by atoms with van der Waals surface area (Å²) in [6, 6.07) is 11.0. The highest BCUT2D eigenvalue weighted by Gasteiger charge is 2.22. The van der Waals surface area contributed by atoms with E-state index >= 15 is 0 Å². The van der Waals surface area contributed by atoms with Gasteiger partial charge in [0.15, 0.2) is 0 Å². The van der Waals surface area contributed by atoms with Gasteiger partial charge in [0.2, 0.25) is 11.9 Å². The molecule has 1 aliphatic carbocycles. The Balaban J connectivity index is 1.69. The number of urea groups is 1. The van der Waals surface area contributed by atoms with E-state index in [0.29, 0.717) is 17.6 Å². The number of aromatic nitrogens is 2. The predicted octanol–water partition coefficient (Wildman–Crippen LogP) is 2.85. The summed E-state index contributed by atoms with van der Waals surface area (Å²) >= 11 is 0. The Morgan fingerprint density at radius 3 is 2.38 bits per heavy atom. The van der Waals surface area contributed by atoms with E-state index in [2.05, 4.69) is 30.9 Å². The minimum Gasteiger partial charge on any atom is -0.308 e. The van der Waals surface area contributed by atoms with Crippen LogP contribution in [0.1, 0.15) is 24.2 Å². The van der Waals surface area contributed by atoms with Crippen LogP contribution < -0.4 is 16.0 Å². The first-order valence-electron chi connectivity index (χ1n) is 7.88. The average molecular weight is 324 g/mol. The third-order valence-corrected chi connectivity index (χ3v) is 3.33. The van der Waals surface area contributed by atoms with E-state index in [1.54, 1.807) is 0 Å². The number of guanidine groups is 1. The molecule has 2 amide bonds. The molecule has 0 spiro atoms. The summed E-state index contributed by atoms with van der Waals surface area (Å²) in [5, 5.41) is 8.50. The molecule has 0 aliphatic heterocycles. The number of nitrogens with zero attached hydrogens (tertiary/aromatic N) is 3. The van der Waals surface area contributed by atoms with Crippen LogP contribution in [0.15, 0.2) is 41.4 Å². The Bertz CT molecular complexity index is 735. The van der Waals surface area contributed by atoms with Crippen molar-refractivity contribution in [1.82, 2.24) is 15.3 Å². The highest BCUT2D eigenvalue weighted by atomic mass is 16.2. The fraction of sp³-hybridized carbons (Fsp3) is 0.294. The summed E-state index contributed by atoms with van der Waals surface area (Å²) in [6.45, 7) is 3.79. The molecule has 0 bridgehead atoms. The molecule has 0 radical (unpaired) electrons. The molecule has 7 heteroatoms. The van der Waals surface area contributed by atoms with Crippen molar-refractivity contribution in [3.63, 3.8) is 0 Å². The highest BCUT2D eigenvalue weighted by molar-refractivity contribution is 6.07. The van der Waals surface area contributed by atoms with Crippen molar-refractivity contribution < 1.29 is 4.79 Å². The second-order valence-electron chi connectivity index (χ2n) is 5.75. The van der Waals surface area contributed by atoms with E-state index in [1.165, 1.54) is 0 Å². The first-order valence-corrected chi connectivity index (χ1v) is 7.88. The van der Waals surface area contributed by atoms with Crippen LogP contribution in [0.5, 0.6) is 0 Å². The fourth-order valence-electron chi connectivity index (χ4n) is 2.16. The molecule has 1 heterocycles. The molecule has 1 saturated carbocycles. The molecule has 3 rings (SSSR count). The van der Waals surface area contributed by atoms with Gasteiger partial charge in [-0.25, -0.2) is 19.8 Å². The molecular formula is C17H20N6O. The minimum atomic E-state index is -0.363. The maximum absolute atomic E-state index is 12.2. The van der Waals surface area contributed by atoms with Crippen molar-refractivity contribution in [2.45, 2.75) is 32.7 Å². The summed E-state index contributed by atoms with van der Waals surface area (Å²) in [5.74, 6) is 0.780. The van der Waals surface area contributed by atoms with Gasteiger partial charge in [-0.15, -0.1) is 0 Å². The molecule has 1 fully saturated rings. The van der Waals surface area contributed by atoms with Crippen LogP contribution in [0.4, 0.5) is 16.4 Å². The number of para-hydroxylation sites is 1. The Hall–Kier alpha value is -2.96. The third kappa shape index (κ3) is 4.77. The summed E-state index contributed by atoms with van der Waals surface area (Å²) in [5.41, 5.74) is 2.41. The topological polar surface area (TPSA) is 91.3 Å². The fourth-order valence-corrected chi connectivity index (χ4v) is 2.16. The van der Waals surface area contributed by atoms with Crippen LogP contribution in [0, 0.1) is 13.8 Å². The molecule has 124 valence electrons. The van der Waals surface area contributed by atoms with Gasteiger partial charge in [-0.1, -0.05) is 18.2 Å². The number of carbonyl (C=O) groups excluding carboxylic acids is 1. The molecule has 7 nitrogen and oxygen atoms in total. The molecule has 3 N–H and O–H groups in total. The van der Waals surface area contributed by atoms with Crippen LogP contribution in [0.25, 0.3) is 0 Å². The number of nitrogens with one attached hydrogen (secondary N) is 3. The summed E-state index contributed by atoms with van der Waals surface area (Å²) in [4.78, 5) is 25.3. The number of aliphatic imine (C=N–C) groups is 1. The molecule has 1 aromatic heterocycles. The van der Waals surface area contributed by atoms with Crippen LogP contribution in [0.2, 0.25) is 0 Å². The largest absolute Gasteiger partial charge is 0.326 e. The first kappa shape index (κ1) is 15.9. The molecule has 24 heavy (non-hydrogen) atoms. The smallest absolute Gasteiger partial charge is 0.308 e. The second kappa shape index (κ2) is 7.08. The van der Waals surface area contributed by atoms with Crippen molar-refractivity contribution in [3.8, 4) is 0 Å². The summed E-state index contributed by atoms with van der Waals surface area (Å²) in [7, 11) is 0. The third-order valence-electron chi connectivity index (χ3n) is 3.33. The van der Waals surface area contributed by atoms with Crippen molar-refractivity contribution in [1.29, 1.82) is 0 Å². The SMILES string of the molecule is Cc1cc(C)nc(NC(=NC2CC2)NC(=O)Nc2ccccc2)n1. The number of benzene rings is 1. The van der Waals surface area contributed by atoms with Crippen LogP contribution >= 0.6 is 0 Å². The normalized spacial score (nSPS) is 14.2. The molecule has 1 aliphatic rings. The molecule has 0 unspecified atom stereocenters. The van der Waals surface area contributed by atoms with E-state index in [-0.39, 0.29) is 12.1 Å². The number of aryl methyl sites for hydroxylation is 2. The Labute approximate surface area is 140 Å². The van der Waals surface area contributed by atoms with Crippen molar-refractivity contribution in [3.05, 3.63) is 47.8 Å². The molecule has 0 atom stereocenters. The molecule has 0 saturated heterocycles. The van der Waals surface area contributed by atoms with Crippen molar-refractivity contribution in [2.75, 3.05) is 10.6 Å². The van der Waals surface area contributed by atoms with Crippen molar-refractivity contribution >= 4 is 23.6 Å². The standard InChI is InChI=1S/C17H20N6O/c1-11-10-12(2)19-15(18-11)22-16(20-14-8-9-14)23-17(24)21-13-6-4-3-5-7-13/h3-7,10,14H,8-9H2,1-2H3,(H3,18,19,20,21,22,23,24). The first-order chi connectivity index (χ1) is 11.6. The number of hydrogen-bond acceptors (Lipinski definition) is 4. The Kier molecular flexibility index (Phi) is 4.69. The Morgan fingerprint density at radius 1 is 1.08 bits per heavy atom. The van der Waals surface area contributed by atoms with Crippen molar-refractivity contribution in [2.24, 2.45) is 4.99 Å². The lowest BCUT2D eigenvalue weighted by Gasteiger charge is -2.12. The van der Waals surface area contributed by atoms with Gasteiger partial charge in [0.25, 0.3) is 0 Å². The van der Waals surface area contributed by atoms with Gasteiger partial charge in [-0.3, -0.25) is 10.6 Å². The van der Waals surface area contributed by atoms with Gasteiger partial charge in [-0.05, 0) is 44.9 Å². The average Bonchev–Trinajstić information content (AvgIpc) is 3.31. The summed E-state index contributed by atoms with van der Waals surface area (Å²) < 4.78 is 0. The number of amides is 2.